The molecule has 0 aliphatic carbocycles. The van der Waals surface area contributed by atoms with E-state index in [2.05, 4.69) is 14.2 Å². The summed E-state index contributed by atoms with van der Waals surface area (Å²) in [6, 6.07) is 0. The third-order valence-corrected chi connectivity index (χ3v) is 0.634. The number of alkyl halides is 1. The van der Waals surface area contributed by atoms with E-state index in [0.717, 1.165) is 0 Å². The Labute approximate surface area is 45.6 Å². The summed E-state index contributed by atoms with van der Waals surface area (Å²) < 4.78 is 24.5. The molecule has 0 aromatic carbocycles. The van der Waals surface area contributed by atoms with E-state index in [9.17, 15) is 4.39 Å². The van der Waals surface area contributed by atoms with E-state index in [-0.39, 0.29) is 0 Å². The predicted molar refractivity (Wildman–Crippen MR) is 22.2 cm³/mol. The molecule has 1 aliphatic rings. The summed E-state index contributed by atoms with van der Waals surface area (Å²) in [6.07, 6.45) is 2.58. The summed E-state index contributed by atoms with van der Waals surface area (Å²) in [4.78, 5) is 0. The molecular weight excluding hydrogens is 115 g/mol. The monoisotopic (exact) mass is 120 g/mol. The maximum Gasteiger partial charge on any atom is 0.362 e. The van der Waals surface area contributed by atoms with Gasteiger partial charge in [-0.1, -0.05) is 0 Å². The van der Waals surface area contributed by atoms with Gasteiger partial charge in [0, 0.05) is 0 Å². The van der Waals surface area contributed by atoms with E-state index >= 15 is 0 Å². The maximum atomic E-state index is 11.2. The van der Waals surface area contributed by atoms with Crippen LogP contribution in [-0.2, 0) is 14.2 Å². The number of hydrogen-bond donors (Lipinski definition) is 0. The van der Waals surface area contributed by atoms with E-state index in [4.69, 9.17) is 0 Å². The second-order valence-corrected chi connectivity index (χ2v) is 1.11. The van der Waals surface area contributed by atoms with Crippen LogP contribution in [0.1, 0.15) is 0 Å². The lowest BCUT2D eigenvalue weighted by Gasteiger charge is -2.05. The van der Waals surface area contributed by atoms with Gasteiger partial charge in [-0.25, -0.2) is 4.39 Å². The summed E-state index contributed by atoms with van der Waals surface area (Å²) in [5, 5.41) is 0. The van der Waals surface area contributed by atoms with Gasteiger partial charge in [0.15, 0.2) is 6.86 Å². The molecule has 1 rings (SSSR count). The van der Waals surface area contributed by atoms with Crippen LogP contribution in [-0.4, -0.2) is 13.3 Å². The van der Waals surface area contributed by atoms with Crippen LogP contribution >= 0.6 is 0 Å². The van der Waals surface area contributed by atoms with Crippen molar-refractivity contribution in [3.8, 4) is 0 Å². The minimum atomic E-state index is -0.896. The van der Waals surface area contributed by atoms with Crippen molar-refractivity contribution in [2.75, 3.05) is 6.86 Å². The molecule has 1 heterocycles. The van der Waals surface area contributed by atoms with Crippen LogP contribution in [0.5, 0.6) is 0 Å². The van der Waals surface area contributed by atoms with Crippen LogP contribution in [0.3, 0.4) is 0 Å². The second kappa shape index (κ2) is 2.52. The highest BCUT2D eigenvalue weighted by molar-refractivity contribution is 4.66. The lowest BCUT2D eigenvalue weighted by atomic mass is 11.1. The van der Waals surface area contributed by atoms with Crippen molar-refractivity contribution in [1.82, 2.24) is 0 Å². The van der Waals surface area contributed by atoms with E-state index in [1.165, 1.54) is 12.5 Å². The van der Waals surface area contributed by atoms with Gasteiger partial charge in [-0.2, -0.15) is 0 Å². The zero-order valence-electron chi connectivity index (χ0n) is 4.04. The van der Waals surface area contributed by atoms with E-state index in [1.807, 2.05) is 0 Å². The summed E-state index contributed by atoms with van der Waals surface area (Å²) in [6.45, 7) is -1.77. The smallest absolute Gasteiger partial charge is 0.362 e. The molecule has 0 spiro atoms. The van der Waals surface area contributed by atoms with Gasteiger partial charge in [0.25, 0.3) is 0 Å². The molecule has 0 saturated carbocycles. The van der Waals surface area contributed by atoms with E-state index < -0.39 is 13.3 Å². The minimum Gasteiger partial charge on any atom is -0.437 e. The van der Waals surface area contributed by atoms with Crippen LogP contribution in [0.25, 0.3) is 0 Å². The first kappa shape index (κ1) is 5.37. The molecule has 0 aromatic rings. The van der Waals surface area contributed by atoms with Crippen LogP contribution in [0.15, 0.2) is 12.5 Å². The fourth-order valence-electron chi connectivity index (χ4n) is 0.355. The topological polar surface area (TPSA) is 27.7 Å². The zero-order valence-corrected chi connectivity index (χ0v) is 4.04. The molecule has 46 valence electrons. The zero-order chi connectivity index (χ0) is 5.82. The predicted octanol–water partition coefficient (Wildman–Crippen LogP) is 0.732. The quantitative estimate of drug-likeness (QED) is 0.537. The molecule has 8 heavy (non-hydrogen) atoms. The van der Waals surface area contributed by atoms with E-state index in [0.29, 0.717) is 0 Å². The van der Waals surface area contributed by atoms with Gasteiger partial charge in [-0.3, -0.25) is 4.74 Å². The van der Waals surface area contributed by atoms with Crippen LogP contribution in [0.4, 0.5) is 4.39 Å². The summed E-state index contributed by atoms with van der Waals surface area (Å²) in [5.74, 6) is 0. The third kappa shape index (κ3) is 1.10. The lowest BCUT2D eigenvalue weighted by molar-refractivity contribution is -0.234. The van der Waals surface area contributed by atoms with E-state index in [1.54, 1.807) is 0 Å². The third-order valence-electron chi connectivity index (χ3n) is 0.634. The Balaban J connectivity index is 2.10. The normalized spacial score (nSPS) is 18.1. The Kier molecular flexibility index (Phi) is 1.69. The van der Waals surface area contributed by atoms with Crippen LogP contribution < -0.4 is 0 Å². The average Bonchev–Trinajstić information content (AvgIpc) is 2.19. The molecule has 0 radical (unpaired) electrons. The first-order valence-corrected chi connectivity index (χ1v) is 2.07. The van der Waals surface area contributed by atoms with Crippen LogP contribution in [0, 0.1) is 0 Å². The van der Waals surface area contributed by atoms with Gasteiger partial charge in [-0.15, -0.1) is 0 Å². The highest BCUT2D eigenvalue weighted by Crippen LogP contribution is 2.05. The first-order chi connectivity index (χ1) is 3.93. The summed E-state index contributed by atoms with van der Waals surface area (Å²) in [7, 11) is 0. The van der Waals surface area contributed by atoms with Crippen molar-refractivity contribution >= 4 is 0 Å². The Morgan fingerprint density at radius 3 is 2.62 bits per heavy atom. The molecule has 0 fully saturated rings. The van der Waals surface area contributed by atoms with Crippen molar-refractivity contribution in [2.24, 2.45) is 0 Å². The summed E-state index contributed by atoms with van der Waals surface area (Å²) >= 11 is 0. The molecule has 1 aliphatic heterocycles. The second-order valence-electron chi connectivity index (χ2n) is 1.11. The highest BCUT2D eigenvalue weighted by Gasteiger charge is 2.10. The Hall–Kier alpha value is -0.770. The molecular formula is C4H5FO3. The minimum absolute atomic E-state index is 0.875. The molecule has 0 aromatic heterocycles. The van der Waals surface area contributed by atoms with Gasteiger partial charge in [-0.05, 0) is 0 Å². The molecule has 0 saturated heterocycles. The molecule has 0 unspecified atom stereocenters. The lowest BCUT2D eigenvalue weighted by Crippen LogP contribution is -2.11. The van der Waals surface area contributed by atoms with Gasteiger partial charge in [0.2, 0.25) is 0 Å². The molecule has 0 atom stereocenters. The molecule has 0 bridgehead atoms. The number of halogens is 1. The molecule has 0 amide bonds. The van der Waals surface area contributed by atoms with Crippen molar-refractivity contribution in [2.45, 2.75) is 6.48 Å². The van der Waals surface area contributed by atoms with Gasteiger partial charge >= 0.3 is 6.48 Å². The van der Waals surface area contributed by atoms with Crippen LogP contribution in [0.2, 0.25) is 0 Å². The molecule has 0 N–H and O–H groups in total. The summed E-state index contributed by atoms with van der Waals surface area (Å²) in [5.41, 5.74) is 0. The SMILES string of the molecule is FCOC1OC=CO1. The van der Waals surface area contributed by atoms with Gasteiger partial charge in [0.1, 0.15) is 12.5 Å². The maximum absolute atomic E-state index is 11.2. The first-order valence-electron chi connectivity index (χ1n) is 2.07. The Bertz CT molecular complexity index is 85.3. The van der Waals surface area contributed by atoms with Gasteiger partial charge < -0.3 is 9.47 Å². The Morgan fingerprint density at radius 1 is 1.50 bits per heavy atom. The fraction of sp³-hybridized carbons (Fsp3) is 0.500. The largest absolute Gasteiger partial charge is 0.437 e. The van der Waals surface area contributed by atoms with Crippen molar-refractivity contribution < 1.29 is 18.6 Å². The van der Waals surface area contributed by atoms with Crippen molar-refractivity contribution in [3.05, 3.63) is 12.5 Å². The van der Waals surface area contributed by atoms with Gasteiger partial charge in [0.05, 0.1) is 0 Å². The number of hydrogen-bond acceptors (Lipinski definition) is 3. The molecule has 3 nitrogen and oxygen atoms in total. The average molecular weight is 120 g/mol. The molecule has 4 heteroatoms. The number of rotatable bonds is 2. The highest BCUT2D eigenvalue weighted by atomic mass is 19.1. The van der Waals surface area contributed by atoms with Crippen molar-refractivity contribution in [3.63, 3.8) is 0 Å². The Morgan fingerprint density at radius 2 is 2.12 bits per heavy atom. The standard InChI is InChI=1S/C4H5FO3/c5-3-8-4-6-1-2-7-4/h1-2,4H,3H2. The fourth-order valence-corrected chi connectivity index (χ4v) is 0.355. The number of ether oxygens (including phenoxy) is 3. The van der Waals surface area contributed by atoms with Crippen molar-refractivity contribution in [1.29, 1.82) is 0 Å².